The number of carboxylic acids is 1. The van der Waals surface area contributed by atoms with E-state index in [1.54, 1.807) is 23.1 Å². The molecule has 0 spiro atoms. The van der Waals surface area contributed by atoms with Gasteiger partial charge in [-0.05, 0) is 42.5 Å². The smallest absolute Gasteiger partial charge is 0.345 e. The predicted molar refractivity (Wildman–Crippen MR) is 106 cm³/mol. The van der Waals surface area contributed by atoms with Crippen LogP contribution in [0.15, 0.2) is 24.3 Å². The fourth-order valence-electron chi connectivity index (χ4n) is 3.32. The predicted octanol–water partition coefficient (Wildman–Crippen LogP) is 3.82. The minimum atomic E-state index is -0.951. The third kappa shape index (κ3) is 4.30. The van der Waals surface area contributed by atoms with E-state index in [0.717, 1.165) is 22.9 Å². The fraction of sp³-hybridized carbons (Fsp3) is 0.450. The molecule has 2 N–H and O–H groups in total. The van der Waals surface area contributed by atoms with E-state index in [0.29, 0.717) is 18.8 Å². The highest BCUT2D eigenvalue weighted by atomic mass is 32.1. The number of benzene rings is 1. The van der Waals surface area contributed by atoms with E-state index in [1.807, 2.05) is 26.8 Å². The van der Waals surface area contributed by atoms with Gasteiger partial charge < -0.3 is 15.3 Å². The van der Waals surface area contributed by atoms with Crippen molar-refractivity contribution in [3.05, 3.63) is 29.1 Å². The first-order valence-corrected chi connectivity index (χ1v) is 9.84. The van der Waals surface area contributed by atoms with Crippen LogP contribution < -0.4 is 5.32 Å². The minimum absolute atomic E-state index is 0.0703. The zero-order valence-electron chi connectivity index (χ0n) is 15.7. The molecule has 1 aliphatic rings. The van der Waals surface area contributed by atoms with Gasteiger partial charge in [-0.15, -0.1) is 11.3 Å². The van der Waals surface area contributed by atoms with Gasteiger partial charge in [-0.1, -0.05) is 20.8 Å². The third-order valence-electron chi connectivity index (χ3n) is 4.72. The molecule has 0 radical (unpaired) electrons. The molecule has 1 aromatic heterocycles. The van der Waals surface area contributed by atoms with Crippen molar-refractivity contribution in [1.82, 2.24) is 4.90 Å². The van der Waals surface area contributed by atoms with Gasteiger partial charge in [-0.3, -0.25) is 9.59 Å². The van der Waals surface area contributed by atoms with Gasteiger partial charge in [0.1, 0.15) is 4.88 Å². The summed E-state index contributed by atoms with van der Waals surface area (Å²) in [7, 11) is 0. The zero-order chi connectivity index (χ0) is 19.8. The van der Waals surface area contributed by atoms with E-state index in [1.165, 1.54) is 11.3 Å². The molecule has 2 amide bonds. The lowest BCUT2D eigenvalue weighted by Gasteiger charge is -2.35. The second kappa shape index (κ2) is 7.31. The molecule has 1 saturated heterocycles. The summed E-state index contributed by atoms with van der Waals surface area (Å²) in [5.41, 5.74) is 0.186. The summed E-state index contributed by atoms with van der Waals surface area (Å²) in [5, 5.41) is 12.8. The quantitative estimate of drug-likeness (QED) is 0.837. The third-order valence-corrected chi connectivity index (χ3v) is 5.82. The van der Waals surface area contributed by atoms with Gasteiger partial charge in [-0.2, -0.15) is 0 Å². The van der Waals surface area contributed by atoms with E-state index >= 15 is 0 Å². The molecule has 144 valence electrons. The number of rotatable bonds is 3. The van der Waals surface area contributed by atoms with Gasteiger partial charge in [0.25, 0.3) is 0 Å². The number of amides is 2. The second-order valence-corrected chi connectivity index (χ2v) is 9.08. The number of thiophene rings is 1. The number of likely N-dealkylation sites (tertiary alicyclic amines) is 1. The molecular formula is C20H24N2O4S. The molecule has 0 bridgehead atoms. The summed E-state index contributed by atoms with van der Waals surface area (Å²) in [6.45, 7) is 6.80. The van der Waals surface area contributed by atoms with Crippen LogP contribution in [0.25, 0.3) is 10.1 Å². The first kappa shape index (κ1) is 19.4. The summed E-state index contributed by atoms with van der Waals surface area (Å²) in [5.74, 6) is -1.22. The molecule has 27 heavy (non-hydrogen) atoms. The van der Waals surface area contributed by atoms with Crippen LogP contribution in [0.4, 0.5) is 5.69 Å². The highest BCUT2D eigenvalue weighted by molar-refractivity contribution is 7.20. The average Bonchev–Trinajstić information content (AvgIpc) is 3.04. The number of carbonyl (C=O) groups excluding carboxylic acids is 2. The van der Waals surface area contributed by atoms with Crippen molar-refractivity contribution >= 4 is 44.9 Å². The Balaban J connectivity index is 1.70. The Labute approximate surface area is 162 Å². The number of anilines is 1. The van der Waals surface area contributed by atoms with Crippen molar-refractivity contribution in [3.8, 4) is 0 Å². The Morgan fingerprint density at radius 2 is 1.96 bits per heavy atom. The van der Waals surface area contributed by atoms with Crippen molar-refractivity contribution in [1.29, 1.82) is 0 Å². The number of piperidine rings is 1. The Hall–Kier alpha value is -2.41. The molecule has 7 heteroatoms. The molecule has 2 aromatic rings. The van der Waals surface area contributed by atoms with Crippen LogP contribution >= 0.6 is 11.3 Å². The topological polar surface area (TPSA) is 86.7 Å². The molecule has 1 aliphatic heterocycles. The molecule has 3 rings (SSSR count). The van der Waals surface area contributed by atoms with Crippen LogP contribution in [0.1, 0.15) is 43.3 Å². The largest absolute Gasteiger partial charge is 0.477 e. The highest BCUT2D eigenvalue weighted by Gasteiger charge is 2.33. The van der Waals surface area contributed by atoms with Gasteiger partial charge in [0, 0.05) is 28.9 Å². The van der Waals surface area contributed by atoms with Crippen molar-refractivity contribution < 1.29 is 19.5 Å². The molecule has 1 aromatic carbocycles. The van der Waals surface area contributed by atoms with E-state index in [-0.39, 0.29) is 22.6 Å². The molecule has 1 atom stereocenters. The Morgan fingerprint density at radius 3 is 2.63 bits per heavy atom. The summed E-state index contributed by atoms with van der Waals surface area (Å²) in [4.78, 5) is 38.4. The zero-order valence-corrected chi connectivity index (χ0v) is 16.6. The normalized spacial score (nSPS) is 17.7. The molecule has 0 saturated carbocycles. The van der Waals surface area contributed by atoms with Crippen LogP contribution in [0.3, 0.4) is 0 Å². The lowest BCUT2D eigenvalue weighted by atomic mass is 9.91. The number of carboxylic acid groups (broad SMARTS) is 1. The number of aromatic carboxylic acids is 1. The van der Waals surface area contributed by atoms with Gasteiger partial charge in [0.15, 0.2) is 0 Å². The maximum Gasteiger partial charge on any atom is 0.345 e. The number of carbonyl (C=O) groups is 3. The summed E-state index contributed by atoms with van der Waals surface area (Å²) in [6, 6.07) is 7.00. The van der Waals surface area contributed by atoms with E-state index < -0.39 is 11.4 Å². The maximum atomic E-state index is 12.7. The summed E-state index contributed by atoms with van der Waals surface area (Å²) < 4.78 is 0.866. The lowest BCUT2D eigenvalue weighted by Crippen LogP contribution is -2.47. The van der Waals surface area contributed by atoms with Gasteiger partial charge in [0.05, 0.1) is 5.92 Å². The molecule has 1 fully saturated rings. The Morgan fingerprint density at radius 1 is 1.22 bits per heavy atom. The first-order chi connectivity index (χ1) is 12.6. The van der Waals surface area contributed by atoms with Crippen LogP contribution in [0.5, 0.6) is 0 Å². The number of nitrogens with zero attached hydrogens (tertiary/aromatic N) is 1. The summed E-state index contributed by atoms with van der Waals surface area (Å²) in [6.07, 6.45) is 1.56. The second-order valence-electron chi connectivity index (χ2n) is 8.00. The van der Waals surface area contributed by atoms with Gasteiger partial charge >= 0.3 is 5.97 Å². The van der Waals surface area contributed by atoms with Crippen molar-refractivity contribution in [2.75, 3.05) is 18.4 Å². The van der Waals surface area contributed by atoms with Crippen LogP contribution in [0.2, 0.25) is 0 Å². The van der Waals surface area contributed by atoms with Crippen LogP contribution in [0, 0.1) is 11.3 Å². The molecule has 0 aliphatic carbocycles. The van der Waals surface area contributed by atoms with Crippen LogP contribution in [-0.4, -0.2) is 40.9 Å². The molecular weight excluding hydrogens is 364 g/mol. The van der Waals surface area contributed by atoms with Crippen molar-refractivity contribution in [2.24, 2.45) is 11.3 Å². The Kier molecular flexibility index (Phi) is 5.24. The summed E-state index contributed by atoms with van der Waals surface area (Å²) >= 11 is 1.21. The maximum absolute atomic E-state index is 12.7. The highest BCUT2D eigenvalue weighted by Crippen LogP contribution is 2.29. The van der Waals surface area contributed by atoms with Gasteiger partial charge in [0.2, 0.25) is 11.8 Å². The monoisotopic (exact) mass is 388 g/mol. The number of nitrogens with one attached hydrogen (secondary N) is 1. The van der Waals surface area contributed by atoms with Crippen molar-refractivity contribution in [3.63, 3.8) is 0 Å². The standard InChI is InChI=1S/C20H24N2O4S/c1-20(2,3)19(26)22-8-4-5-12(11-22)17(23)21-14-6-7-15-13(9-14)10-16(27-15)18(24)25/h6-7,9-10,12H,4-5,8,11H2,1-3H3,(H,21,23)(H,24,25). The fourth-order valence-corrected chi connectivity index (χ4v) is 4.20. The lowest BCUT2D eigenvalue weighted by molar-refractivity contribution is -0.142. The van der Waals surface area contributed by atoms with Gasteiger partial charge in [-0.25, -0.2) is 4.79 Å². The average molecular weight is 388 g/mol. The molecule has 6 nitrogen and oxygen atoms in total. The van der Waals surface area contributed by atoms with E-state index in [4.69, 9.17) is 5.11 Å². The molecule has 1 unspecified atom stereocenters. The van der Waals surface area contributed by atoms with Crippen LogP contribution in [-0.2, 0) is 9.59 Å². The van der Waals surface area contributed by atoms with E-state index in [2.05, 4.69) is 5.32 Å². The SMILES string of the molecule is CC(C)(C)C(=O)N1CCCC(C(=O)Nc2ccc3sc(C(=O)O)cc3c2)C1. The number of hydrogen-bond donors (Lipinski definition) is 2. The van der Waals surface area contributed by atoms with E-state index in [9.17, 15) is 14.4 Å². The molecule has 2 heterocycles. The Bertz CT molecular complexity index is 897. The minimum Gasteiger partial charge on any atom is -0.477 e. The number of hydrogen-bond acceptors (Lipinski definition) is 4. The number of fused-ring (bicyclic) bond motifs is 1. The van der Waals surface area contributed by atoms with Crippen molar-refractivity contribution in [2.45, 2.75) is 33.6 Å². The first-order valence-electron chi connectivity index (χ1n) is 9.02.